The number of nitrogens with zero attached hydrogens (tertiary/aromatic N) is 1. The molecule has 1 saturated heterocycles. The number of thiocarbonyl (C=S) groups is 1. The van der Waals surface area contributed by atoms with E-state index in [9.17, 15) is 0 Å². The highest BCUT2D eigenvalue weighted by Gasteiger charge is 2.25. The van der Waals surface area contributed by atoms with E-state index in [4.69, 9.17) is 18.0 Å². The number of hydrogen-bond acceptors (Lipinski definition) is 3. The van der Waals surface area contributed by atoms with E-state index in [2.05, 4.69) is 11.8 Å². The van der Waals surface area contributed by atoms with Gasteiger partial charge in [-0.15, -0.1) is 0 Å². The molecule has 76 valence electrons. The SMILES string of the molecule is CCSCCN1CCCC1C(N)=S. The maximum Gasteiger partial charge on any atom is 0.0902 e. The van der Waals surface area contributed by atoms with Crippen LogP contribution in [0.3, 0.4) is 0 Å². The number of nitrogens with two attached hydrogens (primary N) is 1. The van der Waals surface area contributed by atoms with Gasteiger partial charge in [0.1, 0.15) is 0 Å². The average molecular weight is 218 g/mol. The summed E-state index contributed by atoms with van der Waals surface area (Å²) in [5, 5.41) is 0. The largest absolute Gasteiger partial charge is 0.392 e. The Morgan fingerprint density at radius 3 is 3.08 bits per heavy atom. The summed E-state index contributed by atoms with van der Waals surface area (Å²) in [5.74, 6) is 2.40. The van der Waals surface area contributed by atoms with Gasteiger partial charge < -0.3 is 5.73 Å². The minimum absolute atomic E-state index is 0.382. The van der Waals surface area contributed by atoms with Crippen LogP contribution in [-0.2, 0) is 0 Å². The van der Waals surface area contributed by atoms with Gasteiger partial charge in [0, 0.05) is 12.3 Å². The van der Waals surface area contributed by atoms with Crippen LogP contribution in [0.4, 0.5) is 0 Å². The lowest BCUT2D eigenvalue weighted by molar-refractivity contribution is 0.323. The maximum atomic E-state index is 5.68. The highest BCUT2D eigenvalue weighted by molar-refractivity contribution is 7.99. The molecule has 4 heteroatoms. The molecule has 1 heterocycles. The Balaban J connectivity index is 2.27. The van der Waals surface area contributed by atoms with Crippen molar-refractivity contribution in [2.45, 2.75) is 25.8 Å². The highest BCUT2D eigenvalue weighted by Crippen LogP contribution is 2.17. The van der Waals surface area contributed by atoms with Crippen molar-refractivity contribution in [1.29, 1.82) is 0 Å². The molecule has 0 radical (unpaired) electrons. The molecule has 2 nitrogen and oxygen atoms in total. The first-order valence-electron chi connectivity index (χ1n) is 4.86. The normalized spacial score (nSPS) is 23.6. The molecule has 13 heavy (non-hydrogen) atoms. The van der Waals surface area contributed by atoms with E-state index < -0.39 is 0 Å². The molecular weight excluding hydrogens is 200 g/mol. The minimum atomic E-state index is 0.382. The summed E-state index contributed by atoms with van der Waals surface area (Å²) in [7, 11) is 0. The Bertz CT molecular complexity index is 173. The molecule has 2 N–H and O–H groups in total. The Morgan fingerprint density at radius 2 is 2.46 bits per heavy atom. The smallest absolute Gasteiger partial charge is 0.0902 e. The molecule has 1 aliphatic rings. The van der Waals surface area contributed by atoms with Crippen LogP contribution in [0.25, 0.3) is 0 Å². The summed E-state index contributed by atoms with van der Waals surface area (Å²) >= 11 is 7.02. The molecule has 0 spiro atoms. The lowest BCUT2D eigenvalue weighted by atomic mass is 10.2. The van der Waals surface area contributed by atoms with Crippen LogP contribution in [0, 0.1) is 0 Å². The Hall–Kier alpha value is 0.200. The van der Waals surface area contributed by atoms with Crippen molar-refractivity contribution < 1.29 is 0 Å². The Kier molecular flexibility index (Phi) is 5.06. The summed E-state index contributed by atoms with van der Waals surface area (Å²) in [5.41, 5.74) is 5.68. The van der Waals surface area contributed by atoms with Gasteiger partial charge >= 0.3 is 0 Å². The van der Waals surface area contributed by atoms with E-state index in [0.717, 1.165) is 13.0 Å². The van der Waals surface area contributed by atoms with Crippen molar-refractivity contribution in [2.24, 2.45) is 5.73 Å². The van der Waals surface area contributed by atoms with Gasteiger partial charge in [-0.25, -0.2) is 0 Å². The van der Waals surface area contributed by atoms with E-state index in [1.807, 2.05) is 11.8 Å². The van der Waals surface area contributed by atoms with Crippen LogP contribution in [-0.4, -0.2) is 40.5 Å². The molecule has 1 fully saturated rings. The monoisotopic (exact) mass is 218 g/mol. The summed E-state index contributed by atoms with van der Waals surface area (Å²) in [6, 6.07) is 0.382. The molecular formula is C9H18N2S2. The van der Waals surface area contributed by atoms with Gasteiger partial charge in [-0.05, 0) is 25.1 Å². The average Bonchev–Trinajstić information content (AvgIpc) is 2.53. The minimum Gasteiger partial charge on any atom is -0.392 e. The lowest BCUT2D eigenvalue weighted by Crippen LogP contribution is -2.40. The van der Waals surface area contributed by atoms with E-state index in [1.54, 1.807) is 0 Å². The van der Waals surface area contributed by atoms with E-state index in [0.29, 0.717) is 11.0 Å². The zero-order valence-corrected chi connectivity index (χ0v) is 9.79. The first kappa shape index (κ1) is 11.3. The van der Waals surface area contributed by atoms with Gasteiger partial charge in [0.15, 0.2) is 0 Å². The predicted molar refractivity (Wildman–Crippen MR) is 64.4 cm³/mol. The van der Waals surface area contributed by atoms with E-state index in [-0.39, 0.29) is 0 Å². The first-order chi connectivity index (χ1) is 6.25. The number of rotatable bonds is 5. The van der Waals surface area contributed by atoms with E-state index >= 15 is 0 Å². The third kappa shape index (κ3) is 3.44. The molecule has 0 aromatic heterocycles. The van der Waals surface area contributed by atoms with Gasteiger partial charge in [0.2, 0.25) is 0 Å². The van der Waals surface area contributed by atoms with Gasteiger partial charge in [0.05, 0.1) is 11.0 Å². The summed E-state index contributed by atoms with van der Waals surface area (Å²) in [6.45, 7) is 4.51. The molecule has 1 aliphatic heterocycles. The lowest BCUT2D eigenvalue weighted by Gasteiger charge is -2.22. The number of likely N-dealkylation sites (tertiary alicyclic amines) is 1. The van der Waals surface area contributed by atoms with Crippen molar-refractivity contribution in [3.63, 3.8) is 0 Å². The van der Waals surface area contributed by atoms with Crippen molar-refractivity contribution >= 4 is 29.0 Å². The maximum absolute atomic E-state index is 5.68. The molecule has 1 unspecified atom stereocenters. The number of thioether (sulfide) groups is 1. The Morgan fingerprint density at radius 1 is 1.69 bits per heavy atom. The van der Waals surface area contributed by atoms with Crippen molar-refractivity contribution in [3.05, 3.63) is 0 Å². The van der Waals surface area contributed by atoms with Crippen LogP contribution < -0.4 is 5.73 Å². The zero-order chi connectivity index (χ0) is 9.68. The summed E-state index contributed by atoms with van der Waals surface area (Å²) in [4.78, 5) is 3.10. The van der Waals surface area contributed by atoms with Gasteiger partial charge in [-0.1, -0.05) is 19.1 Å². The van der Waals surface area contributed by atoms with Crippen LogP contribution >= 0.6 is 24.0 Å². The molecule has 0 aromatic carbocycles. The van der Waals surface area contributed by atoms with Crippen LogP contribution in [0.5, 0.6) is 0 Å². The van der Waals surface area contributed by atoms with Crippen molar-refractivity contribution in [2.75, 3.05) is 24.6 Å². The van der Waals surface area contributed by atoms with Crippen LogP contribution in [0.1, 0.15) is 19.8 Å². The molecule has 0 amide bonds. The molecule has 0 aliphatic carbocycles. The van der Waals surface area contributed by atoms with Crippen molar-refractivity contribution in [1.82, 2.24) is 4.90 Å². The first-order valence-corrected chi connectivity index (χ1v) is 6.43. The van der Waals surface area contributed by atoms with Gasteiger partial charge in [-0.3, -0.25) is 4.90 Å². The topological polar surface area (TPSA) is 29.3 Å². The second kappa shape index (κ2) is 5.83. The number of hydrogen-bond donors (Lipinski definition) is 1. The van der Waals surface area contributed by atoms with E-state index in [1.165, 1.54) is 24.5 Å². The fraction of sp³-hybridized carbons (Fsp3) is 0.889. The standard InChI is InChI=1S/C9H18N2S2/c1-2-13-7-6-11-5-3-4-8(11)9(10)12/h8H,2-7H2,1H3,(H2,10,12). The molecule has 0 saturated carbocycles. The molecule has 1 atom stereocenters. The van der Waals surface area contributed by atoms with Crippen LogP contribution in [0.15, 0.2) is 0 Å². The second-order valence-corrected chi connectivity index (χ2v) is 5.16. The van der Waals surface area contributed by atoms with Gasteiger partial charge in [0.25, 0.3) is 0 Å². The Labute approximate surface area is 90.2 Å². The molecule has 1 rings (SSSR count). The fourth-order valence-corrected chi connectivity index (χ4v) is 2.66. The second-order valence-electron chi connectivity index (χ2n) is 3.29. The van der Waals surface area contributed by atoms with Crippen molar-refractivity contribution in [3.8, 4) is 0 Å². The molecule has 0 bridgehead atoms. The van der Waals surface area contributed by atoms with Gasteiger partial charge in [-0.2, -0.15) is 11.8 Å². The molecule has 0 aromatic rings. The highest BCUT2D eigenvalue weighted by atomic mass is 32.2. The summed E-state index contributed by atoms with van der Waals surface area (Å²) in [6.07, 6.45) is 2.41. The fourth-order valence-electron chi connectivity index (χ4n) is 1.74. The quantitative estimate of drug-likeness (QED) is 0.559. The third-order valence-corrected chi connectivity index (χ3v) is 3.57. The third-order valence-electron chi connectivity index (χ3n) is 2.42. The zero-order valence-electron chi connectivity index (χ0n) is 8.16. The summed E-state index contributed by atoms with van der Waals surface area (Å²) < 4.78 is 0. The predicted octanol–water partition coefficient (Wildman–Crippen LogP) is 1.49. The van der Waals surface area contributed by atoms with Crippen LogP contribution in [0.2, 0.25) is 0 Å².